The predicted molar refractivity (Wildman–Crippen MR) is 71.6 cm³/mol. The molecule has 2 N–H and O–H groups in total. The minimum atomic E-state index is -1.12. The average Bonchev–Trinajstić information content (AvgIpc) is 2.27. The van der Waals surface area contributed by atoms with Crippen LogP contribution < -0.4 is 5.32 Å². The maximum atomic E-state index is 12.2. The van der Waals surface area contributed by atoms with Gasteiger partial charge in [0.25, 0.3) is 0 Å². The van der Waals surface area contributed by atoms with Gasteiger partial charge in [0.05, 0.1) is 0 Å². The van der Waals surface area contributed by atoms with E-state index in [1.54, 1.807) is 11.8 Å². The molecule has 0 bridgehead atoms. The molecule has 102 valence electrons. The zero-order valence-corrected chi connectivity index (χ0v) is 11.6. The molecule has 0 aromatic carbocycles. The topological polar surface area (TPSA) is 66.4 Å². The molecule has 2 aliphatic carbocycles. The van der Waals surface area contributed by atoms with Crippen LogP contribution in [0.4, 0.5) is 0 Å². The number of amides is 1. The van der Waals surface area contributed by atoms with E-state index in [4.69, 9.17) is 0 Å². The Morgan fingerprint density at radius 1 is 1.22 bits per heavy atom. The molecule has 5 heteroatoms. The summed E-state index contributed by atoms with van der Waals surface area (Å²) in [5.41, 5.74) is -1.12. The fourth-order valence-electron chi connectivity index (χ4n) is 2.92. The summed E-state index contributed by atoms with van der Waals surface area (Å²) < 4.78 is 0. The highest BCUT2D eigenvalue weighted by Gasteiger charge is 2.51. The van der Waals surface area contributed by atoms with Crippen LogP contribution in [-0.2, 0) is 9.59 Å². The molecule has 0 radical (unpaired) electrons. The second-order valence-electron chi connectivity index (χ2n) is 5.38. The Bertz CT molecular complexity index is 341. The lowest BCUT2D eigenvalue weighted by Crippen LogP contribution is -2.55. The Morgan fingerprint density at radius 3 is 2.39 bits per heavy atom. The number of hydrogen-bond acceptors (Lipinski definition) is 3. The van der Waals surface area contributed by atoms with Crippen LogP contribution in [-0.4, -0.2) is 34.5 Å². The maximum Gasteiger partial charge on any atom is 0.319 e. The third-order valence-corrected chi connectivity index (χ3v) is 5.54. The molecule has 4 nitrogen and oxygen atoms in total. The standard InChI is InChI=1S/C13H21NO3S/c1-18-10-6-3-2-5-9(10)14-11(15)13(12(16)17)7-4-8-13/h9-10H,2-8H2,1H3,(H,14,15)(H,16,17). The summed E-state index contributed by atoms with van der Waals surface area (Å²) in [6.07, 6.45) is 8.32. The Morgan fingerprint density at radius 2 is 1.89 bits per heavy atom. The van der Waals surface area contributed by atoms with Gasteiger partial charge in [-0.1, -0.05) is 19.3 Å². The quantitative estimate of drug-likeness (QED) is 0.768. The molecule has 2 rings (SSSR count). The summed E-state index contributed by atoms with van der Waals surface area (Å²) >= 11 is 1.78. The normalized spacial score (nSPS) is 30.3. The van der Waals surface area contributed by atoms with Crippen molar-refractivity contribution in [2.24, 2.45) is 5.41 Å². The zero-order valence-electron chi connectivity index (χ0n) is 10.8. The van der Waals surface area contributed by atoms with E-state index >= 15 is 0 Å². The SMILES string of the molecule is CSC1CCCCC1NC(=O)C1(C(=O)O)CCC1. The van der Waals surface area contributed by atoms with E-state index in [1.807, 2.05) is 0 Å². The number of carbonyl (C=O) groups excluding carboxylic acids is 1. The molecule has 0 aromatic rings. The molecule has 18 heavy (non-hydrogen) atoms. The van der Waals surface area contributed by atoms with Gasteiger partial charge in [-0.3, -0.25) is 9.59 Å². The average molecular weight is 271 g/mol. The van der Waals surface area contributed by atoms with Gasteiger partial charge in [0, 0.05) is 11.3 Å². The van der Waals surface area contributed by atoms with Crippen LogP contribution in [0.1, 0.15) is 44.9 Å². The number of hydrogen-bond donors (Lipinski definition) is 2. The van der Waals surface area contributed by atoms with Gasteiger partial charge >= 0.3 is 5.97 Å². The number of carboxylic acid groups (broad SMARTS) is 1. The Labute approximate surface area is 112 Å². The minimum Gasteiger partial charge on any atom is -0.480 e. The second kappa shape index (κ2) is 5.51. The van der Waals surface area contributed by atoms with Gasteiger partial charge in [0.2, 0.25) is 5.91 Å². The van der Waals surface area contributed by atoms with Gasteiger partial charge in [0.1, 0.15) is 5.41 Å². The number of aliphatic carboxylic acids is 1. The van der Waals surface area contributed by atoms with Crippen molar-refractivity contribution in [2.45, 2.75) is 56.2 Å². The van der Waals surface area contributed by atoms with Gasteiger partial charge in [-0.15, -0.1) is 0 Å². The summed E-state index contributed by atoms with van der Waals surface area (Å²) in [5.74, 6) is -1.21. The van der Waals surface area contributed by atoms with E-state index in [1.165, 1.54) is 6.42 Å². The van der Waals surface area contributed by atoms with Gasteiger partial charge < -0.3 is 10.4 Å². The first-order valence-corrected chi connectivity index (χ1v) is 7.96. The molecular weight excluding hydrogens is 250 g/mol. The number of rotatable bonds is 4. The van der Waals surface area contributed by atoms with E-state index in [9.17, 15) is 14.7 Å². The van der Waals surface area contributed by atoms with Crippen molar-refractivity contribution < 1.29 is 14.7 Å². The van der Waals surface area contributed by atoms with E-state index < -0.39 is 11.4 Å². The van der Waals surface area contributed by atoms with Crippen LogP contribution in [0.15, 0.2) is 0 Å². The predicted octanol–water partition coefficient (Wildman–Crippen LogP) is 2.03. The molecule has 2 saturated carbocycles. The lowest BCUT2D eigenvalue weighted by molar-refractivity contribution is -0.162. The molecule has 0 spiro atoms. The highest BCUT2D eigenvalue weighted by molar-refractivity contribution is 7.99. The first-order chi connectivity index (χ1) is 8.60. The molecule has 0 saturated heterocycles. The van der Waals surface area contributed by atoms with E-state index in [0.29, 0.717) is 18.1 Å². The van der Waals surface area contributed by atoms with Crippen molar-refractivity contribution in [1.29, 1.82) is 0 Å². The van der Waals surface area contributed by atoms with Crippen LogP contribution in [0.3, 0.4) is 0 Å². The largest absolute Gasteiger partial charge is 0.480 e. The maximum absolute atomic E-state index is 12.2. The first-order valence-electron chi connectivity index (χ1n) is 6.67. The molecule has 1 amide bonds. The molecule has 0 heterocycles. The highest BCUT2D eigenvalue weighted by atomic mass is 32.2. The number of thioether (sulfide) groups is 1. The minimum absolute atomic E-state index is 0.151. The van der Waals surface area contributed by atoms with E-state index in [-0.39, 0.29) is 11.9 Å². The summed E-state index contributed by atoms with van der Waals surface area (Å²) in [5, 5.41) is 12.7. The fraction of sp³-hybridized carbons (Fsp3) is 0.846. The molecule has 0 aromatic heterocycles. The molecule has 0 aliphatic heterocycles. The summed E-state index contributed by atoms with van der Waals surface area (Å²) in [6, 6.07) is 0.151. The van der Waals surface area contributed by atoms with Gasteiger partial charge in [-0.25, -0.2) is 0 Å². The molecular formula is C13H21NO3S. The van der Waals surface area contributed by atoms with Crippen molar-refractivity contribution >= 4 is 23.6 Å². The van der Waals surface area contributed by atoms with Crippen LogP contribution in [0, 0.1) is 5.41 Å². The molecule has 2 aliphatic rings. The lowest BCUT2D eigenvalue weighted by Gasteiger charge is -2.39. The summed E-state index contributed by atoms with van der Waals surface area (Å²) in [6.45, 7) is 0. The number of carboxylic acids is 1. The van der Waals surface area contributed by atoms with Crippen molar-refractivity contribution in [3.05, 3.63) is 0 Å². The van der Waals surface area contributed by atoms with Gasteiger partial charge in [0.15, 0.2) is 0 Å². The van der Waals surface area contributed by atoms with Crippen molar-refractivity contribution in [3.8, 4) is 0 Å². The highest BCUT2D eigenvalue weighted by Crippen LogP contribution is 2.42. The number of carbonyl (C=O) groups is 2. The van der Waals surface area contributed by atoms with E-state index in [0.717, 1.165) is 25.7 Å². The Hall–Kier alpha value is -0.710. The third-order valence-electron chi connectivity index (χ3n) is 4.37. The van der Waals surface area contributed by atoms with Crippen molar-refractivity contribution in [1.82, 2.24) is 5.32 Å². The first kappa shape index (κ1) is 13.7. The Kier molecular flexibility index (Phi) is 4.20. The third kappa shape index (κ3) is 2.37. The molecule has 2 atom stereocenters. The van der Waals surface area contributed by atoms with Crippen molar-refractivity contribution in [3.63, 3.8) is 0 Å². The zero-order chi connectivity index (χ0) is 13.2. The monoisotopic (exact) mass is 271 g/mol. The lowest BCUT2D eigenvalue weighted by atomic mass is 9.68. The summed E-state index contributed by atoms with van der Waals surface area (Å²) in [7, 11) is 0. The Balaban J connectivity index is 1.99. The van der Waals surface area contributed by atoms with Gasteiger partial charge in [-0.05, 0) is 31.9 Å². The molecule has 2 fully saturated rings. The van der Waals surface area contributed by atoms with Gasteiger partial charge in [-0.2, -0.15) is 11.8 Å². The fourth-order valence-corrected chi connectivity index (χ4v) is 3.85. The second-order valence-corrected chi connectivity index (χ2v) is 6.46. The number of nitrogens with one attached hydrogen (secondary N) is 1. The van der Waals surface area contributed by atoms with Crippen LogP contribution in [0.2, 0.25) is 0 Å². The molecule has 2 unspecified atom stereocenters. The van der Waals surface area contributed by atoms with Crippen molar-refractivity contribution in [2.75, 3.05) is 6.26 Å². The van der Waals surface area contributed by atoms with Crippen LogP contribution in [0.5, 0.6) is 0 Å². The van der Waals surface area contributed by atoms with E-state index in [2.05, 4.69) is 11.6 Å². The smallest absolute Gasteiger partial charge is 0.319 e. The van der Waals surface area contributed by atoms with Crippen LogP contribution >= 0.6 is 11.8 Å². The van der Waals surface area contributed by atoms with Crippen LogP contribution in [0.25, 0.3) is 0 Å². The summed E-state index contributed by atoms with van der Waals surface area (Å²) in [4.78, 5) is 23.5.